The third kappa shape index (κ3) is 5.18. The lowest BCUT2D eigenvalue weighted by Crippen LogP contribution is -2.41. The first-order valence-corrected chi connectivity index (χ1v) is 9.41. The van der Waals surface area contributed by atoms with E-state index in [1.165, 1.54) is 18.1 Å². The fourth-order valence-corrected chi connectivity index (χ4v) is 3.05. The number of hydrogen-bond acceptors (Lipinski definition) is 5. The van der Waals surface area contributed by atoms with Gasteiger partial charge in [0.25, 0.3) is 11.8 Å². The molecule has 1 heterocycles. The number of benzene rings is 2. The Balaban J connectivity index is 1.50. The molecule has 0 aliphatic rings. The van der Waals surface area contributed by atoms with Crippen LogP contribution in [0.25, 0.3) is 0 Å². The summed E-state index contributed by atoms with van der Waals surface area (Å²) < 4.78 is 0. The topological polar surface area (TPSA) is 99.8 Å². The van der Waals surface area contributed by atoms with Gasteiger partial charge in [-0.1, -0.05) is 43.0 Å². The fraction of sp³-hybridized carbons (Fsp3) is 0.158. The van der Waals surface area contributed by atoms with E-state index in [-0.39, 0.29) is 11.8 Å². The maximum atomic E-state index is 12.2. The zero-order valence-electron chi connectivity index (χ0n) is 14.7. The van der Waals surface area contributed by atoms with Crippen molar-refractivity contribution in [3.63, 3.8) is 0 Å². The molecule has 0 fully saturated rings. The average Bonchev–Trinajstić information content (AvgIpc) is 3.24. The van der Waals surface area contributed by atoms with Gasteiger partial charge >= 0.3 is 0 Å². The van der Waals surface area contributed by atoms with Crippen molar-refractivity contribution in [3.05, 3.63) is 77.1 Å². The van der Waals surface area contributed by atoms with Gasteiger partial charge in [-0.15, -0.1) is 0 Å². The number of H-pyrrole nitrogens is 1. The molecular weight excluding hydrogens is 362 g/mol. The molecule has 2 amide bonds. The highest BCUT2D eigenvalue weighted by molar-refractivity contribution is 7.98. The van der Waals surface area contributed by atoms with Gasteiger partial charge in [0, 0.05) is 16.9 Å². The monoisotopic (exact) mass is 381 g/mol. The van der Waals surface area contributed by atoms with E-state index in [1.807, 2.05) is 31.2 Å². The molecule has 3 rings (SSSR count). The van der Waals surface area contributed by atoms with Crippen molar-refractivity contribution >= 4 is 23.6 Å². The molecule has 2 aromatic carbocycles. The van der Waals surface area contributed by atoms with Crippen LogP contribution >= 0.6 is 11.8 Å². The molecule has 0 unspecified atom stereocenters. The first-order chi connectivity index (χ1) is 13.2. The molecule has 0 spiro atoms. The van der Waals surface area contributed by atoms with Crippen LogP contribution in [0.5, 0.6) is 0 Å². The minimum atomic E-state index is -0.372. The summed E-state index contributed by atoms with van der Waals surface area (Å²) >= 11 is 1.52. The highest BCUT2D eigenvalue weighted by Gasteiger charge is 2.09. The van der Waals surface area contributed by atoms with Crippen molar-refractivity contribution in [2.45, 2.75) is 24.3 Å². The molecule has 0 radical (unpaired) electrons. The second-order valence-electron chi connectivity index (χ2n) is 5.73. The van der Waals surface area contributed by atoms with Gasteiger partial charge in [-0.25, -0.2) is 4.98 Å². The number of nitrogens with one attached hydrogen (secondary N) is 3. The number of aromatic amines is 1. The Morgan fingerprint density at radius 3 is 1.96 bits per heavy atom. The number of rotatable bonds is 6. The average molecular weight is 381 g/mol. The second kappa shape index (κ2) is 9.00. The maximum absolute atomic E-state index is 12.2. The normalized spacial score (nSPS) is 10.4. The lowest BCUT2D eigenvalue weighted by Gasteiger charge is -2.08. The summed E-state index contributed by atoms with van der Waals surface area (Å²) in [7, 11) is 0. The van der Waals surface area contributed by atoms with Crippen molar-refractivity contribution in [2.24, 2.45) is 0 Å². The zero-order valence-corrected chi connectivity index (χ0v) is 15.5. The molecule has 0 aliphatic heterocycles. The Hall–Kier alpha value is -3.13. The molecule has 138 valence electrons. The summed E-state index contributed by atoms with van der Waals surface area (Å²) in [6, 6.07) is 14.4. The lowest BCUT2D eigenvalue weighted by atomic mass is 10.1. The number of hydrogen-bond donors (Lipinski definition) is 3. The summed E-state index contributed by atoms with van der Waals surface area (Å²) in [6.07, 6.45) is 2.37. The van der Waals surface area contributed by atoms with Crippen LogP contribution in [-0.2, 0) is 12.2 Å². The van der Waals surface area contributed by atoms with E-state index in [9.17, 15) is 9.59 Å². The van der Waals surface area contributed by atoms with Crippen LogP contribution in [-0.4, -0.2) is 27.0 Å². The Kier molecular flexibility index (Phi) is 6.22. The fourth-order valence-electron chi connectivity index (χ4n) is 2.32. The van der Waals surface area contributed by atoms with Crippen LogP contribution in [0.3, 0.4) is 0 Å². The van der Waals surface area contributed by atoms with E-state index in [0.29, 0.717) is 16.9 Å². The molecule has 3 aromatic rings. The van der Waals surface area contributed by atoms with Crippen LogP contribution in [0.2, 0.25) is 0 Å². The summed E-state index contributed by atoms with van der Waals surface area (Å²) in [5.74, 6) is -0.0178. The lowest BCUT2D eigenvalue weighted by molar-refractivity contribution is 0.0846. The predicted octanol–water partition coefficient (Wildman–Crippen LogP) is 2.73. The van der Waals surface area contributed by atoms with Gasteiger partial charge in [0.05, 0.1) is 0 Å². The third-order valence-corrected chi connectivity index (χ3v) is 4.85. The number of amides is 2. The van der Waals surface area contributed by atoms with E-state index in [2.05, 4.69) is 26.0 Å². The number of aryl methyl sites for hydroxylation is 1. The Morgan fingerprint density at radius 2 is 1.48 bits per heavy atom. The smallest absolute Gasteiger partial charge is 0.267 e. The largest absolute Gasteiger partial charge is 0.269 e. The molecule has 0 atom stereocenters. The molecule has 27 heavy (non-hydrogen) atoms. The summed E-state index contributed by atoms with van der Waals surface area (Å²) in [4.78, 5) is 28.3. The summed E-state index contributed by atoms with van der Waals surface area (Å²) in [5, 5.41) is 7.32. The number of carbonyl (C=O) groups excluding carboxylic acids is 2. The minimum Gasteiger partial charge on any atom is -0.267 e. The van der Waals surface area contributed by atoms with Gasteiger partial charge < -0.3 is 0 Å². The highest BCUT2D eigenvalue weighted by atomic mass is 32.2. The summed E-state index contributed by atoms with van der Waals surface area (Å²) in [6.45, 7) is 2.05. The molecule has 8 heteroatoms. The van der Waals surface area contributed by atoms with Gasteiger partial charge in [-0.05, 0) is 41.8 Å². The number of hydrazine groups is 1. The van der Waals surface area contributed by atoms with Crippen molar-refractivity contribution < 1.29 is 9.59 Å². The van der Waals surface area contributed by atoms with E-state index in [0.717, 1.165) is 22.7 Å². The zero-order chi connectivity index (χ0) is 19.1. The molecule has 0 aliphatic carbocycles. The minimum absolute atomic E-state index is 0.355. The van der Waals surface area contributed by atoms with Crippen LogP contribution in [0.15, 0.2) is 60.0 Å². The Bertz CT molecular complexity index is 893. The number of aromatic nitrogens is 3. The Morgan fingerprint density at radius 1 is 0.926 bits per heavy atom. The molecule has 0 saturated heterocycles. The number of thioether (sulfide) groups is 1. The van der Waals surface area contributed by atoms with E-state index in [4.69, 9.17) is 0 Å². The van der Waals surface area contributed by atoms with Gasteiger partial charge in [-0.3, -0.25) is 25.5 Å². The van der Waals surface area contributed by atoms with Crippen LogP contribution < -0.4 is 10.9 Å². The predicted molar refractivity (Wildman–Crippen MR) is 103 cm³/mol. The number of nitrogens with zero attached hydrogens (tertiary/aromatic N) is 2. The van der Waals surface area contributed by atoms with E-state index in [1.54, 1.807) is 24.3 Å². The van der Waals surface area contributed by atoms with E-state index >= 15 is 0 Å². The van der Waals surface area contributed by atoms with Crippen molar-refractivity contribution in [3.8, 4) is 0 Å². The van der Waals surface area contributed by atoms with Crippen LogP contribution in [0.4, 0.5) is 0 Å². The molecule has 0 bridgehead atoms. The summed E-state index contributed by atoms with van der Waals surface area (Å²) in [5.41, 5.74) is 8.02. The van der Waals surface area contributed by atoms with Crippen molar-refractivity contribution in [1.82, 2.24) is 26.0 Å². The SMILES string of the molecule is CCc1ccc(C(=O)NNC(=O)c2ccc(CSc3ncn[nH]3)cc2)cc1. The van der Waals surface area contributed by atoms with Gasteiger partial charge in [0.1, 0.15) is 6.33 Å². The molecule has 7 nitrogen and oxygen atoms in total. The van der Waals surface area contributed by atoms with Crippen molar-refractivity contribution in [2.75, 3.05) is 0 Å². The molecule has 0 saturated carbocycles. The first-order valence-electron chi connectivity index (χ1n) is 8.42. The third-order valence-electron chi connectivity index (χ3n) is 3.90. The molecule has 3 N–H and O–H groups in total. The quantitative estimate of drug-likeness (QED) is 0.450. The van der Waals surface area contributed by atoms with E-state index < -0.39 is 0 Å². The van der Waals surface area contributed by atoms with Crippen LogP contribution in [0.1, 0.15) is 38.8 Å². The van der Waals surface area contributed by atoms with Crippen LogP contribution in [0, 0.1) is 0 Å². The Labute approximate surface area is 161 Å². The highest BCUT2D eigenvalue weighted by Crippen LogP contribution is 2.18. The molecular formula is C19H19N5O2S. The second-order valence-corrected chi connectivity index (χ2v) is 6.70. The molecule has 1 aromatic heterocycles. The van der Waals surface area contributed by atoms with Crippen molar-refractivity contribution in [1.29, 1.82) is 0 Å². The van der Waals surface area contributed by atoms with Gasteiger partial charge in [0.15, 0.2) is 5.16 Å². The number of carbonyl (C=O) groups is 2. The van der Waals surface area contributed by atoms with Gasteiger partial charge in [-0.2, -0.15) is 5.10 Å². The first kappa shape index (κ1) is 18.7. The van der Waals surface area contributed by atoms with Gasteiger partial charge in [0.2, 0.25) is 0 Å². The maximum Gasteiger partial charge on any atom is 0.269 e. The standard InChI is InChI=1S/C19H19N5O2S/c1-2-13-3-7-15(8-4-13)17(25)22-23-18(26)16-9-5-14(6-10-16)11-27-19-20-12-21-24-19/h3-10,12H,2,11H2,1H3,(H,22,25)(H,23,26)(H,20,21,24).